The van der Waals surface area contributed by atoms with Crippen molar-refractivity contribution in [2.45, 2.75) is 25.0 Å². The number of carbonyl (C=O) groups excluding carboxylic acids is 1. The molecule has 0 saturated heterocycles. The molecule has 0 bridgehead atoms. The Hall–Kier alpha value is -3.46. The third-order valence-corrected chi connectivity index (χ3v) is 5.88. The topological polar surface area (TPSA) is 98.4 Å². The van der Waals surface area contributed by atoms with Gasteiger partial charge in [0.1, 0.15) is 0 Å². The first-order valence-electron chi connectivity index (χ1n) is 9.35. The van der Waals surface area contributed by atoms with E-state index in [9.17, 15) is 13.2 Å². The molecule has 0 aliphatic heterocycles. The minimum absolute atomic E-state index is 0.0657. The van der Waals surface area contributed by atoms with Crippen LogP contribution in [0.4, 0.5) is 0 Å². The predicted octanol–water partition coefficient (Wildman–Crippen LogP) is 2.72. The second-order valence-corrected chi connectivity index (χ2v) is 9.01. The molecule has 1 atom stereocenters. The van der Waals surface area contributed by atoms with Crippen LogP contribution in [0, 0.1) is 6.92 Å². The number of amides is 1. The van der Waals surface area contributed by atoms with Gasteiger partial charge in [0.2, 0.25) is 15.0 Å². The van der Waals surface area contributed by atoms with Crippen LogP contribution in [-0.2, 0) is 9.84 Å². The Balaban J connectivity index is 1.65. The highest BCUT2D eigenvalue weighted by Gasteiger charge is 2.24. The number of benzene rings is 1. The van der Waals surface area contributed by atoms with E-state index in [1.165, 1.54) is 4.40 Å². The summed E-state index contributed by atoms with van der Waals surface area (Å²) >= 11 is 0. The third kappa shape index (κ3) is 3.48. The Morgan fingerprint density at radius 3 is 2.50 bits per heavy atom. The van der Waals surface area contributed by atoms with Gasteiger partial charge in [0.05, 0.1) is 23.4 Å². The van der Waals surface area contributed by atoms with Crippen molar-refractivity contribution >= 4 is 21.3 Å². The first kappa shape index (κ1) is 19.8. The van der Waals surface area contributed by atoms with Crippen molar-refractivity contribution in [3.63, 3.8) is 0 Å². The highest BCUT2D eigenvalue weighted by molar-refractivity contribution is 7.90. The number of hydrogen-bond acceptors (Lipinski definition) is 5. The number of carbonyl (C=O) groups is 1. The van der Waals surface area contributed by atoms with E-state index in [-0.39, 0.29) is 16.9 Å². The molecular weight excluding hydrogens is 402 g/mol. The fourth-order valence-corrected chi connectivity index (χ4v) is 4.23. The number of nitrogens with one attached hydrogen (secondary N) is 1. The Labute approximate surface area is 174 Å². The molecule has 1 unspecified atom stereocenters. The van der Waals surface area contributed by atoms with Crippen LogP contribution in [0.2, 0.25) is 0 Å². The molecule has 1 N–H and O–H groups in total. The van der Waals surface area contributed by atoms with Crippen LogP contribution in [0.1, 0.15) is 34.7 Å². The summed E-state index contributed by atoms with van der Waals surface area (Å²) in [5.74, 6) is -0.451. The van der Waals surface area contributed by atoms with Crippen molar-refractivity contribution in [2.75, 3.05) is 6.26 Å². The molecule has 30 heavy (non-hydrogen) atoms. The SMILES string of the molecule is Cc1c(C(C)NC(=O)c2nc(S(C)(=O)=O)n3ccccc23)cnn1-c1ccccc1. The van der Waals surface area contributed by atoms with Crippen LogP contribution >= 0.6 is 0 Å². The van der Waals surface area contributed by atoms with Gasteiger partial charge < -0.3 is 5.32 Å². The Morgan fingerprint density at radius 2 is 1.80 bits per heavy atom. The molecule has 0 aliphatic rings. The molecule has 0 spiro atoms. The average Bonchev–Trinajstić information content (AvgIpc) is 3.29. The molecule has 154 valence electrons. The van der Waals surface area contributed by atoms with E-state index < -0.39 is 15.7 Å². The quantitative estimate of drug-likeness (QED) is 0.532. The number of aromatic nitrogens is 4. The second-order valence-electron chi connectivity index (χ2n) is 7.10. The number of sulfone groups is 1. The van der Waals surface area contributed by atoms with Crippen LogP contribution < -0.4 is 5.32 Å². The second kappa shape index (κ2) is 7.42. The van der Waals surface area contributed by atoms with E-state index in [4.69, 9.17) is 0 Å². The number of fused-ring (bicyclic) bond motifs is 1. The zero-order valence-electron chi connectivity index (χ0n) is 16.8. The maximum absolute atomic E-state index is 13.0. The van der Waals surface area contributed by atoms with Gasteiger partial charge in [0.15, 0.2) is 5.69 Å². The van der Waals surface area contributed by atoms with Crippen molar-refractivity contribution in [2.24, 2.45) is 0 Å². The molecule has 0 radical (unpaired) electrons. The standard InChI is InChI=1S/C21H21N5O3S/c1-14(17-13-22-26(15(17)2)16-9-5-4-6-10-16)23-20(27)19-18-11-7-8-12-25(18)21(24-19)30(3,28)29/h4-14H,1-3H3,(H,23,27). The molecular formula is C21H21N5O3S. The van der Waals surface area contributed by atoms with Crippen molar-refractivity contribution < 1.29 is 13.2 Å². The summed E-state index contributed by atoms with van der Waals surface area (Å²) < 4.78 is 27.4. The maximum Gasteiger partial charge on any atom is 0.272 e. The number of rotatable bonds is 5. The van der Waals surface area contributed by atoms with Crippen molar-refractivity contribution in [1.29, 1.82) is 0 Å². The van der Waals surface area contributed by atoms with Gasteiger partial charge in [0, 0.05) is 23.7 Å². The molecule has 0 fully saturated rings. The van der Waals surface area contributed by atoms with Crippen LogP contribution in [0.3, 0.4) is 0 Å². The number of hydrogen-bond donors (Lipinski definition) is 1. The smallest absolute Gasteiger partial charge is 0.272 e. The third-order valence-electron chi connectivity index (χ3n) is 4.93. The van der Waals surface area contributed by atoms with E-state index in [0.717, 1.165) is 23.2 Å². The fourth-order valence-electron chi connectivity index (χ4n) is 3.46. The average molecular weight is 423 g/mol. The van der Waals surface area contributed by atoms with Gasteiger partial charge in [-0.2, -0.15) is 5.10 Å². The van der Waals surface area contributed by atoms with E-state index in [0.29, 0.717) is 5.52 Å². The minimum atomic E-state index is -3.60. The molecule has 4 rings (SSSR count). The van der Waals surface area contributed by atoms with Gasteiger partial charge in [-0.05, 0) is 38.1 Å². The highest BCUT2D eigenvalue weighted by atomic mass is 32.2. The normalized spacial score (nSPS) is 12.8. The fraction of sp³-hybridized carbons (Fsp3) is 0.190. The summed E-state index contributed by atoms with van der Waals surface area (Å²) in [6, 6.07) is 14.5. The molecule has 0 saturated carbocycles. The lowest BCUT2D eigenvalue weighted by atomic mass is 10.1. The first-order chi connectivity index (χ1) is 14.3. The summed E-state index contributed by atoms with van der Waals surface area (Å²) in [5, 5.41) is 7.19. The zero-order valence-corrected chi connectivity index (χ0v) is 17.6. The van der Waals surface area contributed by atoms with Crippen LogP contribution in [-0.4, -0.2) is 39.7 Å². The zero-order chi connectivity index (χ0) is 21.5. The Morgan fingerprint density at radius 1 is 1.10 bits per heavy atom. The molecule has 0 aliphatic carbocycles. The first-order valence-corrected chi connectivity index (χ1v) is 11.2. The van der Waals surface area contributed by atoms with Crippen LogP contribution in [0.25, 0.3) is 11.2 Å². The predicted molar refractivity (Wildman–Crippen MR) is 112 cm³/mol. The van der Waals surface area contributed by atoms with Crippen LogP contribution in [0.15, 0.2) is 66.1 Å². The highest BCUT2D eigenvalue weighted by Crippen LogP contribution is 2.22. The molecule has 3 aromatic heterocycles. The number of para-hydroxylation sites is 1. The lowest BCUT2D eigenvalue weighted by molar-refractivity contribution is 0.0936. The molecule has 8 nitrogen and oxygen atoms in total. The molecule has 9 heteroatoms. The monoisotopic (exact) mass is 423 g/mol. The Bertz CT molecular complexity index is 1340. The summed E-state index contributed by atoms with van der Waals surface area (Å²) in [5.41, 5.74) is 3.19. The van der Waals surface area contributed by atoms with Crippen LogP contribution in [0.5, 0.6) is 0 Å². The number of nitrogens with zero attached hydrogens (tertiary/aromatic N) is 4. The number of imidazole rings is 1. The van der Waals surface area contributed by atoms with E-state index in [1.807, 2.05) is 48.9 Å². The number of pyridine rings is 1. The van der Waals surface area contributed by atoms with E-state index >= 15 is 0 Å². The molecule has 1 amide bonds. The van der Waals surface area contributed by atoms with Gasteiger partial charge in [-0.15, -0.1) is 0 Å². The molecule has 1 aromatic carbocycles. The molecule has 3 heterocycles. The van der Waals surface area contributed by atoms with Crippen molar-refractivity contribution in [3.05, 3.63) is 77.9 Å². The van der Waals surface area contributed by atoms with E-state index in [1.54, 1.807) is 30.6 Å². The summed E-state index contributed by atoms with van der Waals surface area (Å²) in [6.07, 6.45) is 4.37. The van der Waals surface area contributed by atoms with Crippen molar-refractivity contribution in [1.82, 2.24) is 24.5 Å². The Kier molecular flexibility index (Phi) is 4.90. The van der Waals surface area contributed by atoms with Gasteiger partial charge in [-0.3, -0.25) is 9.20 Å². The lowest BCUT2D eigenvalue weighted by Gasteiger charge is -2.13. The van der Waals surface area contributed by atoms with Crippen molar-refractivity contribution in [3.8, 4) is 5.69 Å². The van der Waals surface area contributed by atoms with Gasteiger partial charge in [0.25, 0.3) is 5.91 Å². The largest absolute Gasteiger partial charge is 0.344 e. The van der Waals surface area contributed by atoms with Gasteiger partial charge >= 0.3 is 0 Å². The lowest BCUT2D eigenvalue weighted by Crippen LogP contribution is -2.27. The summed E-state index contributed by atoms with van der Waals surface area (Å²) in [4.78, 5) is 17.1. The maximum atomic E-state index is 13.0. The molecule has 4 aromatic rings. The van der Waals surface area contributed by atoms with Gasteiger partial charge in [-0.25, -0.2) is 18.1 Å². The summed E-state index contributed by atoms with van der Waals surface area (Å²) in [7, 11) is -3.60. The summed E-state index contributed by atoms with van der Waals surface area (Å²) in [6.45, 7) is 3.79. The minimum Gasteiger partial charge on any atom is -0.344 e. The van der Waals surface area contributed by atoms with E-state index in [2.05, 4.69) is 15.4 Å². The van der Waals surface area contributed by atoms with Gasteiger partial charge in [-0.1, -0.05) is 24.3 Å².